The van der Waals surface area contributed by atoms with Gasteiger partial charge < -0.3 is 20.5 Å². The lowest BCUT2D eigenvalue weighted by Gasteiger charge is -2.13. The van der Waals surface area contributed by atoms with Crippen LogP contribution >= 0.6 is 11.8 Å². The highest BCUT2D eigenvalue weighted by molar-refractivity contribution is 7.99. The van der Waals surface area contributed by atoms with Gasteiger partial charge in [0, 0.05) is 16.6 Å². The van der Waals surface area contributed by atoms with Crippen molar-refractivity contribution < 1.29 is 14.2 Å². The highest BCUT2D eigenvalue weighted by Gasteiger charge is 2.11. The minimum Gasteiger partial charge on any atom is -0.497 e. The molecule has 0 radical (unpaired) electrons. The fourth-order valence-electron chi connectivity index (χ4n) is 2.23. The molecule has 3 N–H and O–H groups in total. The maximum Gasteiger partial charge on any atom is 0.233 e. The lowest BCUT2D eigenvalue weighted by atomic mass is 10.3. The number of aliphatic hydroxyl groups excluding tert-OH is 1. The van der Waals surface area contributed by atoms with Crippen LogP contribution in [0.25, 0.3) is 0 Å². The molecule has 1 atom stereocenters. The molecule has 0 saturated carbocycles. The van der Waals surface area contributed by atoms with E-state index in [0.717, 1.165) is 10.6 Å². The number of aromatic nitrogens is 3. The Bertz CT molecular complexity index is 926. The summed E-state index contributed by atoms with van der Waals surface area (Å²) in [6.45, 7) is 1.74. The molecule has 2 aromatic carbocycles. The Balaban J connectivity index is 1.87. The summed E-state index contributed by atoms with van der Waals surface area (Å²) in [5, 5.41) is 15.7. The third-order valence-corrected chi connectivity index (χ3v) is 4.49. The van der Waals surface area contributed by atoms with Crippen molar-refractivity contribution in [2.24, 2.45) is 0 Å². The molecule has 3 rings (SSSR count). The number of nitrogens with zero attached hydrogens (tertiary/aromatic N) is 3. The summed E-state index contributed by atoms with van der Waals surface area (Å²) < 4.78 is 18.6. The zero-order valence-electron chi connectivity index (χ0n) is 15.4. The van der Waals surface area contributed by atoms with E-state index in [4.69, 9.17) is 4.74 Å². The van der Waals surface area contributed by atoms with Crippen LogP contribution in [0.5, 0.6) is 5.75 Å². The second-order valence-corrected chi connectivity index (χ2v) is 6.95. The Morgan fingerprint density at radius 3 is 2.54 bits per heavy atom. The molecule has 1 heterocycles. The molecule has 3 aromatic rings. The molecule has 0 aliphatic carbocycles. The number of halogens is 1. The number of anilines is 3. The van der Waals surface area contributed by atoms with Crippen molar-refractivity contribution >= 4 is 29.3 Å². The Labute approximate surface area is 166 Å². The number of rotatable bonds is 8. The van der Waals surface area contributed by atoms with Crippen molar-refractivity contribution in [2.75, 3.05) is 24.4 Å². The zero-order chi connectivity index (χ0) is 19.9. The van der Waals surface area contributed by atoms with Crippen LogP contribution in [-0.2, 0) is 0 Å². The van der Waals surface area contributed by atoms with Gasteiger partial charge in [0.1, 0.15) is 11.6 Å². The first kappa shape index (κ1) is 19.8. The third kappa shape index (κ3) is 5.54. The van der Waals surface area contributed by atoms with Gasteiger partial charge in [-0.2, -0.15) is 15.0 Å². The first-order valence-corrected chi connectivity index (χ1v) is 9.35. The third-order valence-electron chi connectivity index (χ3n) is 3.61. The van der Waals surface area contributed by atoms with Gasteiger partial charge in [0.15, 0.2) is 5.16 Å². The molecular weight excluding hydrogens is 381 g/mol. The molecule has 0 saturated heterocycles. The number of aliphatic hydroxyl groups is 1. The minimum atomic E-state index is -0.362. The number of hydrogen-bond acceptors (Lipinski definition) is 8. The largest absolute Gasteiger partial charge is 0.497 e. The molecule has 0 aliphatic rings. The summed E-state index contributed by atoms with van der Waals surface area (Å²) >= 11 is 1.35. The van der Waals surface area contributed by atoms with Gasteiger partial charge in [0.05, 0.1) is 13.7 Å². The number of benzene rings is 2. The molecule has 28 heavy (non-hydrogen) atoms. The molecule has 1 aromatic heterocycles. The molecule has 7 nitrogen and oxygen atoms in total. The van der Waals surface area contributed by atoms with E-state index in [1.54, 1.807) is 26.2 Å². The zero-order valence-corrected chi connectivity index (χ0v) is 16.2. The van der Waals surface area contributed by atoms with Crippen LogP contribution in [0.2, 0.25) is 0 Å². The van der Waals surface area contributed by atoms with Gasteiger partial charge in [0.2, 0.25) is 11.9 Å². The van der Waals surface area contributed by atoms with E-state index in [1.165, 1.54) is 23.9 Å². The van der Waals surface area contributed by atoms with E-state index in [0.29, 0.717) is 16.8 Å². The number of methoxy groups -OCH3 is 1. The molecular formula is C19H20FN5O2S. The summed E-state index contributed by atoms with van der Waals surface area (Å²) in [5.41, 5.74) is 0.521. The Morgan fingerprint density at radius 1 is 1.11 bits per heavy atom. The van der Waals surface area contributed by atoms with Gasteiger partial charge in [-0.3, -0.25) is 0 Å². The van der Waals surface area contributed by atoms with E-state index in [2.05, 4.69) is 25.6 Å². The van der Waals surface area contributed by atoms with E-state index in [-0.39, 0.29) is 24.4 Å². The SMILES string of the molecule is COc1ccc(Sc2nc(Nc3cccc(F)c3)nc(NC(C)CO)n2)cc1. The minimum absolute atomic E-state index is 0.0701. The maximum absolute atomic E-state index is 13.4. The van der Waals surface area contributed by atoms with Crippen LogP contribution in [0.15, 0.2) is 58.6 Å². The van der Waals surface area contributed by atoms with Crippen LogP contribution in [0.1, 0.15) is 6.92 Å². The lowest BCUT2D eigenvalue weighted by molar-refractivity contribution is 0.281. The van der Waals surface area contributed by atoms with Crippen LogP contribution in [0.3, 0.4) is 0 Å². The average Bonchev–Trinajstić information content (AvgIpc) is 2.68. The van der Waals surface area contributed by atoms with Gasteiger partial charge in [-0.05, 0) is 61.2 Å². The molecule has 1 unspecified atom stereocenters. The van der Waals surface area contributed by atoms with Crippen LogP contribution in [0, 0.1) is 5.82 Å². The first-order chi connectivity index (χ1) is 13.6. The van der Waals surface area contributed by atoms with E-state index in [1.807, 2.05) is 24.3 Å². The van der Waals surface area contributed by atoms with Gasteiger partial charge in [-0.15, -0.1) is 0 Å². The number of nitrogens with one attached hydrogen (secondary N) is 2. The molecule has 0 amide bonds. The van der Waals surface area contributed by atoms with E-state index in [9.17, 15) is 9.50 Å². The van der Waals surface area contributed by atoms with Crippen molar-refractivity contribution in [3.05, 3.63) is 54.3 Å². The monoisotopic (exact) mass is 401 g/mol. The summed E-state index contributed by atoms with van der Waals surface area (Å²) in [6, 6.07) is 13.3. The number of hydrogen-bond donors (Lipinski definition) is 3. The molecule has 146 valence electrons. The fraction of sp³-hybridized carbons (Fsp3) is 0.211. The summed E-state index contributed by atoms with van der Waals surface area (Å²) in [6.07, 6.45) is 0. The normalized spacial score (nSPS) is 11.7. The quantitative estimate of drug-likeness (QED) is 0.526. The van der Waals surface area contributed by atoms with E-state index < -0.39 is 0 Å². The Kier molecular flexibility index (Phi) is 6.62. The van der Waals surface area contributed by atoms with E-state index >= 15 is 0 Å². The van der Waals surface area contributed by atoms with Crippen molar-refractivity contribution in [3.63, 3.8) is 0 Å². The predicted octanol–water partition coefficient (Wildman–Crippen LogP) is 3.71. The average molecular weight is 401 g/mol. The van der Waals surface area contributed by atoms with Crippen molar-refractivity contribution in [1.29, 1.82) is 0 Å². The summed E-state index contributed by atoms with van der Waals surface area (Å²) in [5.74, 6) is 0.974. The maximum atomic E-state index is 13.4. The molecule has 0 fully saturated rings. The Hall–Kier alpha value is -2.91. The second-order valence-electron chi connectivity index (χ2n) is 5.91. The summed E-state index contributed by atoms with van der Waals surface area (Å²) in [4.78, 5) is 14.0. The smallest absolute Gasteiger partial charge is 0.233 e. The molecule has 0 spiro atoms. The number of ether oxygens (including phenoxy) is 1. The second kappa shape index (κ2) is 9.34. The first-order valence-electron chi connectivity index (χ1n) is 8.53. The predicted molar refractivity (Wildman–Crippen MR) is 107 cm³/mol. The molecule has 0 bridgehead atoms. The van der Waals surface area contributed by atoms with Crippen molar-refractivity contribution in [1.82, 2.24) is 15.0 Å². The van der Waals surface area contributed by atoms with Crippen LogP contribution < -0.4 is 15.4 Å². The van der Waals surface area contributed by atoms with Crippen molar-refractivity contribution in [2.45, 2.75) is 23.0 Å². The van der Waals surface area contributed by atoms with Gasteiger partial charge in [-0.25, -0.2) is 4.39 Å². The van der Waals surface area contributed by atoms with Gasteiger partial charge in [0.25, 0.3) is 0 Å². The Morgan fingerprint density at radius 2 is 1.86 bits per heavy atom. The van der Waals surface area contributed by atoms with Crippen molar-refractivity contribution in [3.8, 4) is 5.75 Å². The highest BCUT2D eigenvalue weighted by Crippen LogP contribution is 2.28. The standard InChI is InChI=1S/C19H20FN5O2S/c1-12(11-26)21-17-23-18(22-14-5-3-4-13(20)10-14)25-19(24-17)28-16-8-6-15(27-2)7-9-16/h3-10,12,26H,11H2,1-2H3,(H2,21,22,23,24,25). The fourth-order valence-corrected chi connectivity index (χ4v) is 2.98. The topological polar surface area (TPSA) is 92.2 Å². The molecule has 9 heteroatoms. The highest BCUT2D eigenvalue weighted by atomic mass is 32.2. The van der Waals surface area contributed by atoms with Gasteiger partial charge in [-0.1, -0.05) is 6.07 Å². The lowest BCUT2D eigenvalue weighted by Crippen LogP contribution is -2.21. The van der Waals surface area contributed by atoms with Gasteiger partial charge >= 0.3 is 0 Å². The summed E-state index contributed by atoms with van der Waals surface area (Å²) in [7, 11) is 1.61. The molecule has 0 aliphatic heterocycles. The van der Waals surface area contributed by atoms with Crippen LogP contribution in [0.4, 0.5) is 22.0 Å². The van der Waals surface area contributed by atoms with Crippen LogP contribution in [-0.4, -0.2) is 39.8 Å².